The predicted octanol–water partition coefficient (Wildman–Crippen LogP) is 2.71. The van der Waals surface area contributed by atoms with Crippen LogP contribution in [0.4, 0.5) is 0 Å². The van der Waals surface area contributed by atoms with Crippen LogP contribution in [0.3, 0.4) is 0 Å². The molecule has 1 saturated heterocycles. The van der Waals surface area contributed by atoms with Gasteiger partial charge in [-0.2, -0.15) is 0 Å². The van der Waals surface area contributed by atoms with E-state index in [2.05, 4.69) is 40.0 Å². The van der Waals surface area contributed by atoms with Crippen LogP contribution in [0.15, 0.2) is 54.6 Å². The van der Waals surface area contributed by atoms with Crippen molar-refractivity contribution in [2.24, 2.45) is 5.92 Å². The largest absolute Gasteiger partial charge is 0.294 e. The van der Waals surface area contributed by atoms with Crippen molar-refractivity contribution in [1.82, 2.24) is 15.8 Å². The molecule has 1 aliphatic heterocycles. The highest BCUT2D eigenvalue weighted by molar-refractivity contribution is 5.95. The first kappa shape index (κ1) is 19.1. The summed E-state index contributed by atoms with van der Waals surface area (Å²) < 4.78 is 0. The summed E-state index contributed by atoms with van der Waals surface area (Å²) in [7, 11) is 0. The van der Waals surface area contributed by atoms with Crippen molar-refractivity contribution in [3.63, 3.8) is 0 Å². The molecule has 0 spiro atoms. The SMILES string of the molecule is Cc1ccc(C(=O)NNC(=O)CN2CCC(Cc3ccccc3)CC2)cc1. The third kappa shape index (κ3) is 5.93. The lowest BCUT2D eigenvalue weighted by Crippen LogP contribution is -2.48. The van der Waals surface area contributed by atoms with Gasteiger partial charge in [-0.3, -0.25) is 25.3 Å². The van der Waals surface area contributed by atoms with Gasteiger partial charge in [0, 0.05) is 5.56 Å². The van der Waals surface area contributed by atoms with Gasteiger partial charge in [0.1, 0.15) is 0 Å². The highest BCUT2D eigenvalue weighted by Crippen LogP contribution is 2.21. The molecular weight excluding hydrogens is 338 g/mol. The van der Waals surface area contributed by atoms with Crippen LogP contribution in [0.1, 0.15) is 34.3 Å². The molecule has 2 N–H and O–H groups in total. The van der Waals surface area contributed by atoms with Gasteiger partial charge in [-0.25, -0.2) is 0 Å². The van der Waals surface area contributed by atoms with Crippen LogP contribution in [-0.4, -0.2) is 36.3 Å². The zero-order chi connectivity index (χ0) is 19.1. The van der Waals surface area contributed by atoms with E-state index in [0.717, 1.165) is 37.9 Å². The molecule has 3 rings (SSSR count). The molecule has 142 valence electrons. The van der Waals surface area contributed by atoms with E-state index in [-0.39, 0.29) is 11.8 Å². The number of nitrogens with one attached hydrogen (secondary N) is 2. The predicted molar refractivity (Wildman–Crippen MR) is 106 cm³/mol. The smallest absolute Gasteiger partial charge is 0.269 e. The Balaban J connectivity index is 1.36. The molecule has 0 radical (unpaired) electrons. The van der Waals surface area contributed by atoms with Gasteiger partial charge in [-0.05, 0) is 62.9 Å². The number of likely N-dealkylation sites (tertiary alicyclic amines) is 1. The molecule has 27 heavy (non-hydrogen) atoms. The summed E-state index contributed by atoms with van der Waals surface area (Å²) in [5.74, 6) is 0.190. The number of rotatable bonds is 5. The van der Waals surface area contributed by atoms with Gasteiger partial charge in [0.2, 0.25) is 0 Å². The topological polar surface area (TPSA) is 61.4 Å². The second kappa shape index (κ2) is 9.33. The van der Waals surface area contributed by atoms with Crippen LogP contribution in [0.5, 0.6) is 0 Å². The van der Waals surface area contributed by atoms with Gasteiger partial charge in [0.15, 0.2) is 0 Å². The highest BCUT2D eigenvalue weighted by atomic mass is 16.2. The molecule has 0 atom stereocenters. The number of benzene rings is 2. The Hall–Kier alpha value is -2.66. The number of carbonyl (C=O) groups excluding carboxylic acids is 2. The van der Waals surface area contributed by atoms with Gasteiger partial charge in [0.25, 0.3) is 11.8 Å². The van der Waals surface area contributed by atoms with Gasteiger partial charge < -0.3 is 0 Å². The van der Waals surface area contributed by atoms with E-state index in [1.807, 2.05) is 25.1 Å². The lowest BCUT2D eigenvalue weighted by molar-refractivity contribution is -0.123. The fourth-order valence-corrected chi connectivity index (χ4v) is 3.44. The molecule has 5 nitrogen and oxygen atoms in total. The molecular formula is C22H27N3O2. The molecule has 2 aromatic rings. The standard InChI is InChI=1S/C22H27N3O2/c1-17-7-9-20(10-8-17)22(27)24-23-21(26)16-25-13-11-19(12-14-25)15-18-5-3-2-4-6-18/h2-10,19H,11-16H2,1H3,(H,23,26)(H,24,27). The van der Waals surface area contributed by atoms with E-state index in [1.54, 1.807) is 12.1 Å². The van der Waals surface area contributed by atoms with Crippen LogP contribution < -0.4 is 10.9 Å². The average molecular weight is 365 g/mol. The van der Waals surface area contributed by atoms with E-state index in [9.17, 15) is 9.59 Å². The first-order valence-electron chi connectivity index (χ1n) is 9.52. The molecule has 0 unspecified atom stereocenters. The molecule has 1 aliphatic rings. The van der Waals surface area contributed by atoms with Crippen LogP contribution in [0, 0.1) is 12.8 Å². The Morgan fingerprint density at radius 1 is 0.963 bits per heavy atom. The minimum Gasteiger partial charge on any atom is -0.294 e. The number of carbonyl (C=O) groups is 2. The molecule has 0 bridgehead atoms. The number of hydrazine groups is 1. The number of nitrogens with zero attached hydrogens (tertiary/aromatic N) is 1. The van der Waals surface area contributed by atoms with Gasteiger partial charge in [0.05, 0.1) is 6.54 Å². The first-order chi connectivity index (χ1) is 13.1. The molecule has 0 aliphatic carbocycles. The molecule has 0 aromatic heterocycles. The third-order valence-corrected chi connectivity index (χ3v) is 5.07. The second-order valence-electron chi connectivity index (χ2n) is 7.28. The van der Waals surface area contributed by atoms with E-state index in [1.165, 1.54) is 5.56 Å². The Morgan fingerprint density at radius 2 is 1.63 bits per heavy atom. The van der Waals surface area contributed by atoms with Gasteiger partial charge in [-0.1, -0.05) is 48.0 Å². The van der Waals surface area contributed by atoms with Crippen molar-refractivity contribution in [2.75, 3.05) is 19.6 Å². The van der Waals surface area contributed by atoms with E-state index < -0.39 is 0 Å². The Morgan fingerprint density at radius 3 is 2.30 bits per heavy atom. The second-order valence-corrected chi connectivity index (χ2v) is 7.28. The maximum Gasteiger partial charge on any atom is 0.269 e. The lowest BCUT2D eigenvalue weighted by Gasteiger charge is -2.31. The molecule has 2 aromatic carbocycles. The van der Waals surface area contributed by atoms with Crippen LogP contribution in [0.25, 0.3) is 0 Å². The summed E-state index contributed by atoms with van der Waals surface area (Å²) >= 11 is 0. The Labute approximate surface area is 160 Å². The van der Waals surface area contributed by atoms with E-state index in [4.69, 9.17) is 0 Å². The molecule has 5 heteroatoms. The Kier molecular flexibility index (Phi) is 6.60. The zero-order valence-electron chi connectivity index (χ0n) is 15.8. The van der Waals surface area contributed by atoms with Crippen molar-refractivity contribution >= 4 is 11.8 Å². The number of amides is 2. The monoisotopic (exact) mass is 365 g/mol. The Bertz CT molecular complexity index is 751. The summed E-state index contributed by atoms with van der Waals surface area (Å²) in [6, 6.07) is 17.8. The molecule has 0 saturated carbocycles. The minimum absolute atomic E-state index is 0.183. The van der Waals surface area contributed by atoms with Crippen molar-refractivity contribution in [1.29, 1.82) is 0 Å². The third-order valence-electron chi connectivity index (χ3n) is 5.07. The molecule has 1 fully saturated rings. The number of piperidine rings is 1. The van der Waals surface area contributed by atoms with Gasteiger partial charge >= 0.3 is 0 Å². The van der Waals surface area contributed by atoms with Crippen molar-refractivity contribution in [2.45, 2.75) is 26.2 Å². The van der Waals surface area contributed by atoms with Crippen LogP contribution in [-0.2, 0) is 11.2 Å². The van der Waals surface area contributed by atoms with Crippen molar-refractivity contribution < 1.29 is 9.59 Å². The minimum atomic E-state index is -0.301. The molecule has 1 heterocycles. The zero-order valence-corrected chi connectivity index (χ0v) is 15.8. The number of hydrogen-bond donors (Lipinski definition) is 2. The fraction of sp³-hybridized carbons (Fsp3) is 0.364. The lowest BCUT2D eigenvalue weighted by atomic mass is 9.90. The maximum atomic E-state index is 12.1. The summed E-state index contributed by atoms with van der Waals surface area (Å²) in [4.78, 5) is 26.3. The fourth-order valence-electron chi connectivity index (χ4n) is 3.44. The van der Waals surface area contributed by atoms with Gasteiger partial charge in [-0.15, -0.1) is 0 Å². The summed E-state index contributed by atoms with van der Waals surface area (Å²) in [5.41, 5.74) is 8.00. The van der Waals surface area contributed by atoms with Crippen molar-refractivity contribution in [3.05, 3.63) is 71.3 Å². The van der Waals surface area contributed by atoms with E-state index in [0.29, 0.717) is 18.0 Å². The first-order valence-corrected chi connectivity index (χ1v) is 9.52. The summed E-state index contributed by atoms with van der Waals surface area (Å²) in [6.45, 7) is 4.10. The van der Waals surface area contributed by atoms with Crippen LogP contribution >= 0.6 is 0 Å². The number of aryl methyl sites for hydroxylation is 1. The van der Waals surface area contributed by atoms with E-state index >= 15 is 0 Å². The van der Waals surface area contributed by atoms with Crippen LogP contribution in [0.2, 0.25) is 0 Å². The highest BCUT2D eigenvalue weighted by Gasteiger charge is 2.21. The number of hydrogen-bond acceptors (Lipinski definition) is 3. The van der Waals surface area contributed by atoms with Crippen molar-refractivity contribution in [3.8, 4) is 0 Å². The quantitative estimate of drug-likeness (QED) is 0.801. The normalized spacial score (nSPS) is 15.3. The average Bonchev–Trinajstić information content (AvgIpc) is 2.69. The summed E-state index contributed by atoms with van der Waals surface area (Å²) in [5, 5.41) is 0. The summed E-state index contributed by atoms with van der Waals surface area (Å²) in [6.07, 6.45) is 3.29. The maximum absolute atomic E-state index is 12.1. The molecule has 2 amide bonds.